The van der Waals surface area contributed by atoms with E-state index in [4.69, 9.17) is 0 Å². The summed E-state index contributed by atoms with van der Waals surface area (Å²) in [4.78, 5) is 19.7. The van der Waals surface area contributed by atoms with Gasteiger partial charge in [-0.25, -0.2) is 14.8 Å². The van der Waals surface area contributed by atoms with Crippen LogP contribution in [0.5, 0.6) is 0 Å². The van der Waals surface area contributed by atoms with E-state index < -0.39 is 0 Å². The molecule has 0 aliphatic carbocycles. The molecule has 0 aromatic carbocycles. The third kappa shape index (κ3) is 2.79. The van der Waals surface area contributed by atoms with Crippen molar-refractivity contribution in [3.63, 3.8) is 0 Å². The van der Waals surface area contributed by atoms with E-state index >= 15 is 0 Å². The lowest BCUT2D eigenvalue weighted by atomic mass is 10.2. The number of esters is 1. The monoisotopic (exact) mass is 249 g/mol. The molecule has 0 unspecified atom stereocenters. The van der Waals surface area contributed by atoms with E-state index in [1.165, 1.54) is 18.4 Å². The van der Waals surface area contributed by atoms with Gasteiger partial charge in [0.1, 0.15) is 5.82 Å². The number of thiazole rings is 1. The van der Waals surface area contributed by atoms with E-state index in [-0.39, 0.29) is 5.97 Å². The molecule has 2 aromatic heterocycles. The third-order valence-corrected chi connectivity index (χ3v) is 2.91. The summed E-state index contributed by atoms with van der Waals surface area (Å²) in [5.74, 6) is 0.188. The minimum Gasteiger partial charge on any atom is -0.465 e. The molecule has 17 heavy (non-hydrogen) atoms. The fourth-order valence-electron chi connectivity index (χ4n) is 1.26. The second-order valence-electron chi connectivity index (χ2n) is 3.34. The van der Waals surface area contributed by atoms with E-state index in [1.54, 1.807) is 18.3 Å². The second kappa shape index (κ2) is 4.92. The number of nitrogens with zero attached hydrogens (tertiary/aromatic N) is 2. The van der Waals surface area contributed by atoms with Crippen molar-refractivity contribution >= 4 is 28.3 Å². The van der Waals surface area contributed by atoms with Crippen LogP contribution in [0.25, 0.3) is 0 Å². The first-order chi connectivity index (χ1) is 8.19. The Bertz CT molecular complexity index is 539. The predicted octanol–water partition coefficient (Wildman–Crippen LogP) is 2.38. The molecule has 1 N–H and O–H groups in total. The highest BCUT2D eigenvalue weighted by Crippen LogP contribution is 2.19. The van der Waals surface area contributed by atoms with Crippen molar-refractivity contribution in [2.24, 2.45) is 0 Å². The number of pyridine rings is 1. The maximum Gasteiger partial charge on any atom is 0.338 e. The first-order valence-electron chi connectivity index (χ1n) is 4.92. The molecule has 0 aliphatic heterocycles. The summed E-state index contributed by atoms with van der Waals surface area (Å²) >= 11 is 1.49. The zero-order valence-electron chi connectivity index (χ0n) is 9.43. The van der Waals surface area contributed by atoms with E-state index in [2.05, 4.69) is 20.0 Å². The summed E-state index contributed by atoms with van der Waals surface area (Å²) in [5.41, 5.74) is 1.40. The number of methoxy groups -OCH3 is 1. The van der Waals surface area contributed by atoms with Crippen molar-refractivity contribution in [3.8, 4) is 0 Å². The van der Waals surface area contributed by atoms with Gasteiger partial charge in [-0.2, -0.15) is 0 Å². The van der Waals surface area contributed by atoms with Gasteiger partial charge in [0.25, 0.3) is 0 Å². The van der Waals surface area contributed by atoms with Gasteiger partial charge in [-0.05, 0) is 19.1 Å². The number of nitrogens with one attached hydrogen (secondary N) is 1. The van der Waals surface area contributed by atoms with Gasteiger partial charge in [0.15, 0.2) is 5.13 Å². The molecule has 88 valence electrons. The zero-order valence-corrected chi connectivity index (χ0v) is 10.2. The van der Waals surface area contributed by atoms with Gasteiger partial charge in [0, 0.05) is 11.6 Å². The van der Waals surface area contributed by atoms with Gasteiger partial charge in [0.05, 0.1) is 18.4 Å². The highest BCUT2D eigenvalue weighted by Gasteiger charge is 2.07. The third-order valence-electron chi connectivity index (χ3n) is 2.04. The molecule has 0 aliphatic rings. The first-order valence-corrected chi connectivity index (χ1v) is 5.80. The fraction of sp³-hybridized carbons (Fsp3) is 0.182. The minimum absolute atomic E-state index is 0.384. The molecule has 0 amide bonds. The molecule has 0 bridgehead atoms. The number of hydrogen-bond donors (Lipinski definition) is 1. The standard InChI is InChI=1S/C11H11N3O2S/c1-7-6-17-11(13-7)14-9-5-8(3-4-12-9)10(15)16-2/h3-6H,1-2H3,(H,12,13,14). The first kappa shape index (κ1) is 11.5. The molecule has 2 aromatic rings. The molecule has 0 spiro atoms. The Morgan fingerprint density at radius 2 is 2.35 bits per heavy atom. The normalized spacial score (nSPS) is 10.0. The summed E-state index contributed by atoms with van der Waals surface area (Å²) in [7, 11) is 1.35. The van der Waals surface area contributed by atoms with Gasteiger partial charge in [-0.1, -0.05) is 0 Å². The zero-order chi connectivity index (χ0) is 12.3. The van der Waals surface area contributed by atoms with Crippen molar-refractivity contribution in [1.29, 1.82) is 0 Å². The summed E-state index contributed by atoms with van der Waals surface area (Å²) in [6.07, 6.45) is 1.55. The summed E-state index contributed by atoms with van der Waals surface area (Å²) < 4.78 is 4.64. The summed E-state index contributed by atoms with van der Waals surface area (Å²) in [5, 5.41) is 5.72. The topological polar surface area (TPSA) is 64.1 Å². The number of anilines is 2. The van der Waals surface area contributed by atoms with E-state index in [1.807, 2.05) is 12.3 Å². The summed E-state index contributed by atoms with van der Waals surface area (Å²) in [6, 6.07) is 3.23. The molecule has 2 heterocycles. The maximum absolute atomic E-state index is 11.3. The van der Waals surface area contributed by atoms with Crippen molar-refractivity contribution in [2.45, 2.75) is 6.92 Å². The molecule has 2 rings (SSSR count). The molecule has 0 saturated heterocycles. The maximum atomic E-state index is 11.3. The van der Waals surface area contributed by atoms with Crippen LogP contribution in [0.1, 0.15) is 16.1 Å². The van der Waals surface area contributed by atoms with Gasteiger partial charge >= 0.3 is 5.97 Å². The van der Waals surface area contributed by atoms with Crippen LogP contribution >= 0.6 is 11.3 Å². The van der Waals surface area contributed by atoms with Crippen molar-refractivity contribution in [3.05, 3.63) is 35.0 Å². The number of aryl methyl sites for hydroxylation is 1. The molecular weight excluding hydrogens is 238 g/mol. The van der Waals surface area contributed by atoms with Crippen molar-refractivity contribution in [2.75, 3.05) is 12.4 Å². The molecule has 0 radical (unpaired) electrons. The lowest BCUT2D eigenvalue weighted by Crippen LogP contribution is -2.02. The minimum atomic E-state index is -0.384. The summed E-state index contributed by atoms with van der Waals surface area (Å²) in [6.45, 7) is 1.92. The van der Waals surface area contributed by atoms with Gasteiger partial charge in [0.2, 0.25) is 0 Å². The van der Waals surface area contributed by atoms with E-state index in [9.17, 15) is 4.79 Å². The van der Waals surface area contributed by atoms with Crippen LogP contribution in [0.15, 0.2) is 23.7 Å². The fourth-order valence-corrected chi connectivity index (χ4v) is 1.96. The number of ether oxygens (including phenoxy) is 1. The molecule has 5 nitrogen and oxygen atoms in total. The Balaban J connectivity index is 2.19. The molecule has 0 saturated carbocycles. The van der Waals surface area contributed by atoms with Gasteiger partial charge in [-0.3, -0.25) is 0 Å². The van der Waals surface area contributed by atoms with Crippen LogP contribution in [-0.2, 0) is 4.74 Å². The smallest absolute Gasteiger partial charge is 0.338 e. The SMILES string of the molecule is COC(=O)c1ccnc(Nc2nc(C)cs2)c1. The quantitative estimate of drug-likeness (QED) is 0.846. The number of carbonyl (C=O) groups is 1. The van der Waals surface area contributed by atoms with E-state index in [0.29, 0.717) is 11.4 Å². The Labute approximate surface area is 102 Å². The Morgan fingerprint density at radius 1 is 1.53 bits per heavy atom. The van der Waals surface area contributed by atoms with Crippen molar-refractivity contribution < 1.29 is 9.53 Å². The Kier molecular flexibility index (Phi) is 3.34. The average Bonchev–Trinajstić information content (AvgIpc) is 2.74. The second-order valence-corrected chi connectivity index (χ2v) is 4.20. The number of hydrogen-bond acceptors (Lipinski definition) is 6. The van der Waals surface area contributed by atoms with Crippen LogP contribution in [0.3, 0.4) is 0 Å². The number of carbonyl (C=O) groups excluding carboxylic acids is 1. The molecule has 0 fully saturated rings. The number of aromatic nitrogens is 2. The van der Waals surface area contributed by atoms with Crippen LogP contribution < -0.4 is 5.32 Å². The Morgan fingerprint density at radius 3 is 3.00 bits per heavy atom. The van der Waals surface area contributed by atoms with Crippen LogP contribution in [0.2, 0.25) is 0 Å². The Hall–Kier alpha value is -1.95. The van der Waals surface area contributed by atoms with Crippen LogP contribution in [0, 0.1) is 6.92 Å². The molecular formula is C11H11N3O2S. The van der Waals surface area contributed by atoms with Crippen molar-refractivity contribution in [1.82, 2.24) is 9.97 Å². The van der Waals surface area contributed by atoms with E-state index in [0.717, 1.165) is 10.8 Å². The largest absolute Gasteiger partial charge is 0.465 e. The van der Waals surface area contributed by atoms with Gasteiger partial charge in [-0.15, -0.1) is 11.3 Å². The van der Waals surface area contributed by atoms with Crippen LogP contribution in [0.4, 0.5) is 10.9 Å². The lowest BCUT2D eigenvalue weighted by Gasteiger charge is -2.03. The average molecular weight is 249 g/mol. The van der Waals surface area contributed by atoms with Gasteiger partial charge < -0.3 is 10.1 Å². The lowest BCUT2D eigenvalue weighted by molar-refractivity contribution is 0.0600. The number of rotatable bonds is 3. The molecule has 6 heteroatoms. The highest BCUT2D eigenvalue weighted by molar-refractivity contribution is 7.13. The highest BCUT2D eigenvalue weighted by atomic mass is 32.1. The molecule has 0 atom stereocenters. The predicted molar refractivity (Wildman–Crippen MR) is 65.7 cm³/mol. The van der Waals surface area contributed by atoms with Crippen LogP contribution in [-0.4, -0.2) is 23.0 Å².